The first-order valence-electron chi connectivity index (χ1n) is 12.5. The predicted octanol–water partition coefficient (Wildman–Crippen LogP) is 7.89. The molecule has 38 heavy (non-hydrogen) atoms. The van der Waals surface area contributed by atoms with Gasteiger partial charge in [-0.3, -0.25) is 0 Å². The fourth-order valence-corrected chi connectivity index (χ4v) is 5.29. The van der Waals surface area contributed by atoms with Crippen molar-refractivity contribution < 1.29 is 9.47 Å². The van der Waals surface area contributed by atoms with Crippen LogP contribution in [-0.4, -0.2) is 19.8 Å². The molecule has 0 heterocycles. The van der Waals surface area contributed by atoms with E-state index in [1.54, 1.807) is 0 Å². The lowest BCUT2D eigenvalue weighted by Crippen LogP contribution is -2.16. The molecule has 2 N–H and O–H groups in total. The second-order valence-corrected chi connectivity index (χ2v) is 10.1. The van der Waals surface area contributed by atoms with Gasteiger partial charge in [0, 0.05) is 5.92 Å². The van der Waals surface area contributed by atoms with Crippen molar-refractivity contribution in [1.29, 1.82) is 5.26 Å². The van der Waals surface area contributed by atoms with Gasteiger partial charge in [-0.05, 0) is 90.5 Å². The van der Waals surface area contributed by atoms with E-state index in [2.05, 4.69) is 43.3 Å². The molecule has 4 aromatic rings. The van der Waals surface area contributed by atoms with Crippen LogP contribution in [0.2, 0.25) is 10.0 Å². The summed E-state index contributed by atoms with van der Waals surface area (Å²) in [5.41, 5.74) is 13.4. The molecule has 0 saturated heterocycles. The molecular formula is C32H30Cl2N2O2. The third-order valence-corrected chi connectivity index (χ3v) is 7.06. The molecule has 1 atom stereocenters. The molecule has 0 saturated carbocycles. The van der Waals surface area contributed by atoms with Crippen molar-refractivity contribution in [3.8, 4) is 28.7 Å². The fourth-order valence-electron chi connectivity index (χ4n) is 4.59. The van der Waals surface area contributed by atoms with Crippen LogP contribution in [-0.2, 0) is 6.42 Å². The molecule has 0 aromatic heterocycles. The standard InChI is InChI=1S/C32H30Cl2N2O2/c1-21-15-30(33)32(31(34)16-21)38-14-13-37-27-10-7-23(8-11-27)18-26(20-36)28-12-9-24(17-22(28)2)29-6-4-3-5-25(29)19-35/h3-12,15-17,26H,13-14,18,20,36H2,1-2H3. The maximum absolute atomic E-state index is 9.46. The molecule has 4 rings (SSSR count). The maximum Gasteiger partial charge on any atom is 0.156 e. The topological polar surface area (TPSA) is 68.3 Å². The Morgan fingerprint density at radius 3 is 2.21 bits per heavy atom. The van der Waals surface area contributed by atoms with E-state index in [9.17, 15) is 5.26 Å². The van der Waals surface area contributed by atoms with E-state index in [1.165, 1.54) is 16.7 Å². The molecule has 4 aromatic carbocycles. The lowest BCUT2D eigenvalue weighted by Gasteiger charge is -2.19. The van der Waals surface area contributed by atoms with Crippen molar-refractivity contribution in [2.45, 2.75) is 26.2 Å². The zero-order valence-corrected chi connectivity index (χ0v) is 23.0. The van der Waals surface area contributed by atoms with Gasteiger partial charge in [-0.15, -0.1) is 0 Å². The smallest absolute Gasteiger partial charge is 0.156 e. The third kappa shape index (κ3) is 6.68. The Morgan fingerprint density at radius 2 is 1.55 bits per heavy atom. The summed E-state index contributed by atoms with van der Waals surface area (Å²) < 4.78 is 11.6. The first-order chi connectivity index (χ1) is 18.4. The van der Waals surface area contributed by atoms with E-state index in [-0.39, 0.29) is 5.92 Å². The average Bonchev–Trinajstić information content (AvgIpc) is 2.91. The highest BCUT2D eigenvalue weighted by molar-refractivity contribution is 6.37. The number of rotatable bonds is 10. The minimum atomic E-state index is 0.180. The first kappa shape index (κ1) is 27.5. The van der Waals surface area contributed by atoms with E-state index >= 15 is 0 Å². The van der Waals surface area contributed by atoms with Gasteiger partial charge in [0.15, 0.2) is 5.75 Å². The minimum Gasteiger partial charge on any atom is -0.490 e. The Hall–Kier alpha value is -3.49. The summed E-state index contributed by atoms with van der Waals surface area (Å²) in [7, 11) is 0. The molecule has 0 aliphatic heterocycles. The molecule has 0 radical (unpaired) electrons. The summed E-state index contributed by atoms with van der Waals surface area (Å²) in [6.45, 7) is 5.26. The van der Waals surface area contributed by atoms with Crippen molar-refractivity contribution in [2.75, 3.05) is 19.8 Å². The highest BCUT2D eigenvalue weighted by atomic mass is 35.5. The van der Waals surface area contributed by atoms with Gasteiger partial charge in [0.2, 0.25) is 0 Å². The molecular weight excluding hydrogens is 515 g/mol. The summed E-state index contributed by atoms with van der Waals surface area (Å²) in [4.78, 5) is 0. The SMILES string of the molecule is Cc1cc(Cl)c(OCCOc2ccc(CC(CN)c3ccc(-c4ccccc4C#N)cc3C)cc2)c(Cl)c1. The van der Waals surface area contributed by atoms with Crippen LogP contribution >= 0.6 is 23.2 Å². The van der Waals surface area contributed by atoms with Crippen molar-refractivity contribution in [1.82, 2.24) is 0 Å². The number of nitrogens with two attached hydrogens (primary N) is 1. The Balaban J connectivity index is 1.35. The zero-order valence-electron chi connectivity index (χ0n) is 21.5. The number of ether oxygens (including phenoxy) is 2. The maximum atomic E-state index is 9.46. The summed E-state index contributed by atoms with van der Waals surface area (Å²) >= 11 is 12.5. The van der Waals surface area contributed by atoms with Gasteiger partial charge in [-0.25, -0.2) is 0 Å². The quantitative estimate of drug-likeness (QED) is 0.206. The molecule has 0 fully saturated rings. The molecule has 6 heteroatoms. The number of halogens is 2. The van der Waals surface area contributed by atoms with Crippen LogP contribution in [0.4, 0.5) is 0 Å². The Morgan fingerprint density at radius 1 is 0.868 bits per heavy atom. The van der Waals surface area contributed by atoms with Gasteiger partial charge in [0.05, 0.1) is 21.7 Å². The number of hydrogen-bond donors (Lipinski definition) is 1. The van der Waals surface area contributed by atoms with E-state index in [0.29, 0.717) is 41.1 Å². The molecule has 0 bridgehead atoms. The summed E-state index contributed by atoms with van der Waals surface area (Å²) in [6.07, 6.45) is 0.819. The van der Waals surface area contributed by atoms with E-state index in [0.717, 1.165) is 28.9 Å². The molecule has 0 aliphatic rings. The van der Waals surface area contributed by atoms with Crippen LogP contribution in [0.3, 0.4) is 0 Å². The minimum absolute atomic E-state index is 0.180. The fraction of sp³-hybridized carbons (Fsp3) is 0.219. The Kier molecular flexibility index (Phi) is 9.31. The second-order valence-electron chi connectivity index (χ2n) is 9.26. The van der Waals surface area contributed by atoms with Gasteiger partial charge in [0.25, 0.3) is 0 Å². The average molecular weight is 546 g/mol. The van der Waals surface area contributed by atoms with Gasteiger partial charge >= 0.3 is 0 Å². The molecule has 194 valence electrons. The highest BCUT2D eigenvalue weighted by Crippen LogP contribution is 2.34. The number of benzene rings is 4. The van der Waals surface area contributed by atoms with Crippen molar-refractivity contribution >= 4 is 23.2 Å². The number of aryl methyl sites for hydroxylation is 2. The van der Waals surface area contributed by atoms with Crippen LogP contribution in [0.1, 0.15) is 33.7 Å². The van der Waals surface area contributed by atoms with Crippen molar-refractivity contribution in [3.63, 3.8) is 0 Å². The van der Waals surface area contributed by atoms with E-state index in [1.807, 2.05) is 55.5 Å². The molecule has 0 spiro atoms. The number of nitriles is 1. The lowest BCUT2D eigenvalue weighted by molar-refractivity contribution is 0.217. The Bertz CT molecular complexity index is 1420. The number of hydrogen-bond acceptors (Lipinski definition) is 4. The summed E-state index contributed by atoms with van der Waals surface area (Å²) in [5.74, 6) is 1.42. The van der Waals surface area contributed by atoms with Gasteiger partial charge in [0.1, 0.15) is 19.0 Å². The first-order valence-corrected chi connectivity index (χ1v) is 13.3. The van der Waals surface area contributed by atoms with Crippen LogP contribution in [0.5, 0.6) is 11.5 Å². The second kappa shape index (κ2) is 12.8. The largest absolute Gasteiger partial charge is 0.490 e. The monoisotopic (exact) mass is 544 g/mol. The molecule has 0 amide bonds. The van der Waals surface area contributed by atoms with E-state index < -0.39 is 0 Å². The van der Waals surface area contributed by atoms with Gasteiger partial charge < -0.3 is 15.2 Å². The molecule has 4 nitrogen and oxygen atoms in total. The van der Waals surface area contributed by atoms with Crippen LogP contribution in [0.25, 0.3) is 11.1 Å². The highest BCUT2D eigenvalue weighted by Gasteiger charge is 2.15. The predicted molar refractivity (Wildman–Crippen MR) is 155 cm³/mol. The number of nitrogens with zero attached hydrogens (tertiary/aromatic N) is 1. The molecule has 1 unspecified atom stereocenters. The van der Waals surface area contributed by atoms with Gasteiger partial charge in [-0.2, -0.15) is 5.26 Å². The molecule has 0 aliphatic carbocycles. The third-order valence-electron chi connectivity index (χ3n) is 6.50. The van der Waals surface area contributed by atoms with Crippen LogP contribution in [0, 0.1) is 25.2 Å². The van der Waals surface area contributed by atoms with Crippen LogP contribution < -0.4 is 15.2 Å². The summed E-state index contributed by atoms with van der Waals surface area (Å²) in [5, 5.41) is 10.4. The van der Waals surface area contributed by atoms with Crippen molar-refractivity contribution in [3.05, 3.63) is 117 Å². The van der Waals surface area contributed by atoms with E-state index in [4.69, 9.17) is 38.4 Å². The van der Waals surface area contributed by atoms with Crippen LogP contribution in [0.15, 0.2) is 78.9 Å². The normalized spacial score (nSPS) is 11.6. The van der Waals surface area contributed by atoms with Gasteiger partial charge in [-0.1, -0.05) is 71.7 Å². The van der Waals surface area contributed by atoms with Crippen molar-refractivity contribution in [2.24, 2.45) is 5.73 Å². The lowest BCUT2D eigenvalue weighted by atomic mass is 9.87. The summed E-state index contributed by atoms with van der Waals surface area (Å²) in [6, 6.07) is 28.0. The Labute approximate surface area is 234 Å². The zero-order chi connectivity index (χ0) is 27.1.